The molecule has 0 atom stereocenters. The quantitative estimate of drug-likeness (QED) is 0.887. The Hall–Kier alpha value is -1.62. The molecule has 0 unspecified atom stereocenters. The standard InChI is InChI=1S/C15H23N3O2/c1-16-9-5-12-6-10-18(11-7-12)15(19)13-4-3-8-17-14(13)20-2/h3-4,8,12,16H,5-7,9-11H2,1-2H3. The lowest BCUT2D eigenvalue weighted by molar-refractivity contribution is 0.0683. The number of amides is 1. The number of carbonyl (C=O) groups excluding carboxylic acids is 1. The number of carbonyl (C=O) groups is 1. The largest absolute Gasteiger partial charge is 0.480 e. The van der Waals surface area contributed by atoms with Gasteiger partial charge in [-0.05, 0) is 50.9 Å². The van der Waals surface area contributed by atoms with Gasteiger partial charge in [-0.1, -0.05) is 0 Å². The summed E-state index contributed by atoms with van der Waals surface area (Å²) >= 11 is 0. The number of methoxy groups -OCH3 is 1. The van der Waals surface area contributed by atoms with Crippen LogP contribution in [0.1, 0.15) is 29.6 Å². The van der Waals surface area contributed by atoms with Crippen molar-refractivity contribution in [2.45, 2.75) is 19.3 Å². The highest BCUT2D eigenvalue weighted by atomic mass is 16.5. The third-order valence-corrected chi connectivity index (χ3v) is 3.90. The minimum absolute atomic E-state index is 0.0296. The average Bonchev–Trinajstić information content (AvgIpc) is 2.52. The normalized spacial score (nSPS) is 16.2. The summed E-state index contributed by atoms with van der Waals surface area (Å²) in [5.41, 5.74) is 0.559. The van der Waals surface area contributed by atoms with E-state index in [1.54, 1.807) is 25.4 Å². The molecule has 1 aromatic heterocycles. The summed E-state index contributed by atoms with van der Waals surface area (Å²) in [6.07, 6.45) is 4.99. The van der Waals surface area contributed by atoms with Crippen molar-refractivity contribution >= 4 is 5.91 Å². The lowest BCUT2D eigenvalue weighted by Gasteiger charge is -2.32. The first-order valence-electron chi connectivity index (χ1n) is 7.19. The number of nitrogens with zero attached hydrogens (tertiary/aromatic N) is 2. The van der Waals surface area contributed by atoms with Crippen LogP contribution in [0.4, 0.5) is 0 Å². The lowest BCUT2D eigenvalue weighted by atomic mass is 9.93. The van der Waals surface area contributed by atoms with Crippen LogP contribution >= 0.6 is 0 Å². The molecular formula is C15H23N3O2. The van der Waals surface area contributed by atoms with Crippen LogP contribution in [0.15, 0.2) is 18.3 Å². The highest BCUT2D eigenvalue weighted by Gasteiger charge is 2.25. The van der Waals surface area contributed by atoms with Crippen LogP contribution in [-0.4, -0.2) is 49.6 Å². The first-order chi connectivity index (χ1) is 9.76. The van der Waals surface area contributed by atoms with Crippen molar-refractivity contribution in [3.63, 3.8) is 0 Å². The SMILES string of the molecule is CNCCC1CCN(C(=O)c2cccnc2OC)CC1. The van der Waals surface area contributed by atoms with Gasteiger partial charge in [0.25, 0.3) is 5.91 Å². The van der Waals surface area contributed by atoms with Gasteiger partial charge in [0.15, 0.2) is 0 Å². The van der Waals surface area contributed by atoms with Gasteiger partial charge in [0.1, 0.15) is 5.56 Å². The molecule has 1 aromatic rings. The van der Waals surface area contributed by atoms with Crippen molar-refractivity contribution in [1.82, 2.24) is 15.2 Å². The summed E-state index contributed by atoms with van der Waals surface area (Å²) in [5, 5.41) is 3.18. The predicted octanol–water partition coefficient (Wildman–Crippen LogP) is 1.55. The molecule has 5 heteroatoms. The van der Waals surface area contributed by atoms with Crippen molar-refractivity contribution in [3.05, 3.63) is 23.9 Å². The Morgan fingerprint density at radius 1 is 1.50 bits per heavy atom. The molecule has 5 nitrogen and oxygen atoms in total. The fourth-order valence-corrected chi connectivity index (χ4v) is 2.66. The number of nitrogens with one attached hydrogen (secondary N) is 1. The molecule has 110 valence electrons. The van der Waals surface area contributed by atoms with Crippen molar-refractivity contribution in [2.75, 3.05) is 33.8 Å². The van der Waals surface area contributed by atoms with Gasteiger partial charge >= 0.3 is 0 Å². The number of hydrogen-bond donors (Lipinski definition) is 1. The Kier molecular flexibility index (Phi) is 5.35. The highest BCUT2D eigenvalue weighted by Crippen LogP contribution is 2.23. The van der Waals surface area contributed by atoms with Gasteiger partial charge in [0.2, 0.25) is 5.88 Å². The number of hydrogen-bond acceptors (Lipinski definition) is 4. The summed E-state index contributed by atoms with van der Waals surface area (Å²) in [7, 11) is 3.52. The van der Waals surface area contributed by atoms with Crippen LogP contribution in [0.25, 0.3) is 0 Å². The third-order valence-electron chi connectivity index (χ3n) is 3.90. The molecule has 1 fully saturated rings. The Morgan fingerprint density at radius 3 is 2.90 bits per heavy atom. The Balaban J connectivity index is 1.94. The van der Waals surface area contributed by atoms with Gasteiger partial charge < -0.3 is 15.0 Å². The third kappa shape index (κ3) is 3.48. The molecule has 0 aromatic carbocycles. The molecule has 1 amide bonds. The van der Waals surface area contributed by atoms with Gasteiger partial charge in [-0.15, -0.1) is 0 Å². The lowest BCUT2D eigenvalue weighted by Crippen LogP contribution is -2.39. The zero-order chi connectivity index (χ0) is 14.4. The topological polar surface area (TPSA) is 54.5 Å². The minimum Gasteiger partial charge on any atom is -0.480 e. The van der Waals surface area contributed by atoms with Crippen molar-refractivity contribution in [2.24, 2.45) is 5.92 Å². The molecule has 0 aliphatic carbocycles. The van der Waals surface area contributed by atoms with Crippen LogP contribution in [0.2, 0.25) is 0 Å². The van der Waals surface area contributed by atoms with E-state index in [1.807, 2.05) is 11.9 Å². The first-order valence-corrected chi connectivity index (χ1v) is 7.19. The number of pyridine rings is 1. The monoisotopic (exact) mass is 277 g/mol. The smallest absolute Gasteiger partial charge is 0.259 e. The zero-order valence-corrected chi connectivity index (χ0v) is 12.3. The average molecular weight is 277 g/mol. The zero-order valence-electron chi connectivity index (χ0n) is 12.3. The summed E-state index contributed by atoms with van der Waals surface area (Å²) in [6, 6.07) is 3.55. The van der Waals surface area contributed by atoms with Gasteiger partial charge in [0, 0.05) is 19.3 Å². The van der Waals surface area contributed by atoms with E-state index in [9.17, 15) is 4.79 Å². The van der Waals surface area contributed by atoms with E-state index in [0.29, 0.717) is 11.4 Å². The number of ether oxygens (including phenoxy) is 1. The predicted molar refractivity (Wildman–Crippen MR) is 78.0 cm³/mol. The summed E-state index contributed by atoms with van der Waals surface area (Å²) in [6.45, 7) is 2.70. The van der Waals surface area contributed by atoms with E-state index < -0.39 is 0 Å². The molecule has 0 spiro atoms. The van der Waals surface area contributed by atoms with E-state index in [0.717, 1.165) is 38.4 Å². The second-order valence-corrected chi connectivity index (χ2v) is 5.19. The molecule has 1 aliphatic heterocycles. The Labute approximate surface area is 120 Å². The van der Waals surface area contributed by atoms with E-state index in [1.165, 1.54) is 6.42 Å². The second kappa shape index (κ2) is 7.24. The summed E-state index contributed by atoms with van der Waals surface area (Å²) in [4.78, 5) is 18.5. The highest BCUT2D eigenvalue weighted by molar-refractivity contribution is 5.96. The number of rotatable bonds is 5. The van der Waals surface area contributed by atoms with Crippen LogP contribution in [0.3, 0.4) is 0 Å². The van der Waals surface area contributed by atoms with E-state index in [-0.39, 0.29) is 5.91 Å². The first kappa shape index (κ1) is 14.8. The van der Waals surface area contributed by atoms with Crippen molar-refractivity contribution in [1.29, 1.82) is 0 Å². The fraction of sp³-hybridized carbons (Fsp3) is 0.600. The number of likely N-dealkylation sites (tertiary alicyclic amines) is 1. The molecule has 0 saturated carbocycles. The molecule has 1 N–H and O–H groups in total. The molecule has 1 saturated heterocycles. The van der Waals surface area contributed by atoms with Gasteiger partial charge in [0.05, 0.1) is 7.11 Å². The molecular weight excluding hydrogens is 254 g/mol. The summed E-state index contributed by atoms with van der Waals surface area (Å²) < 4.78 is 5.16. The van der Waals surface area contributed by atoms with Crippen LogP contribution in [0.5, 0.6) is 5.88 Å². The molecule has 2 heterocycles. The van der Waals surface area contributed by atoms with E-state index >= 15 is 0 Å². The minimum atomic E-state index is 0.0296. The second-order valence-electron chi connectivity index (χ2n) is 5.19. The Morgan fingerprint density at radius 2 is 2.25 bits per heavy atom. The van der Waals surface area contributed by atoms with Crippen LogP contribution < -0.4 is 10.1 Å². The van der Waals surface area contributed by atoms with Gasteiger partial charge in [-0.3, -0.25) is 4.79 Å². The maximum atomic E-state index is 12.5. The van der Waals surface area contributed by atoms with Gasteiger partial charge in [-0.2, -0.15) is 0 Å². The maximum Gasteiger partial charge on any atom is 0.259 e. The summed E-state index contributed by atoms with van der Waals surface area (Å²) in [5.74, 6) is 1.17. The molecule has 0 bridgehead atoms. The Bertz CT molecular complexity index is 442. The number of piperidine rings is 1. The molecule has 1 aliphatic rings. The van der Waals surface area contributed by atoms with Crippen molar-refractivity contribution in [3.8, 4) is 5.88 Å². The van der Waals surface area contributed by atoms with E-state index in [4.69, 9.17) is 4.74 Å². The maximum absolute atomic E-state index is 12.5. The van der Waals surface area contributed by atoms with E-state index in [2.05, 4.69) is 10.3 Å². The molecule has 0 radical (unpaired) electrons. The fourth-order valence-electron chi connectivity index (χ4n) is 2.66. The molecule has 2 rings (SSSR count). The van der Waals surface area contributed by atoms with Gasteiger partial charge in [-0.25, -0.2) is 4.98 Å². The van der Waals surface area contributed by atoms with Crippen LogP contribution in [-0.2, 0) is 0 Å². The van der Waals surface area contributed by atoms with Crippen molar-refractivity contribution < 1.29 is 9.53 Å². The number of aromatic nitrogens is 1. The van der Waals surface area contributed by atoms with Crippen LogP contribution in [0, 0.1) is 5.92 Å². The molecule has 20 heavy (non-hydrogen) atoms.